The van der Waals surface area contributed by atoms with E-state index in [2.05, 4.69) is 24.0 Å². The summed E-state index contributed by atoms with van der Waals surface area (Å²) in [5.74, 6) is 1.52. The number of hydrogen-bond acceptors (Lipinski definition) is 2. The summed E-state index contributed by atoms with van der Waals surface area (Å²) in [5, 5.41) is 3.25. The highest BCUT2D eigenvalue weighted by Gasteiger charge is 2.24. The summed E-state index contributed by atoms with van der Waals surface area (Å²) in [7, 11) is 1.97. The first-order chi connectivity index (χ1) is 7.35. The molecule has 0 fully saturated rings. The molecule has 1 aromatic carbocycles. The van der Waals surface area contributed by atoms with Crippen molar-refractivity contribution in [1.29, 1.82) is 0 Å². The van der Waals surface area contributed by atoms with Gasteiger partial charge in [0.25, 0.3) is 0 Å². The lowest BCUT2D eigenvalue weighted by atomic mass is 9.90. The van der Waals surface area contributed by atoms with Crippen molar-refractivity contribution in [2.75, 3.05) is 13.7 Å². The van der Waals surface area contributed by atoms with E-state index >= 15 is 0 Å². The second-order valence-electron chi connectivity index (χ2n) is 3.93. The Kier molecular flexibility index (Phi) is 3.07. The van der Waals surface area contributed by atoms with Crippen molar-refractivity contribution in [3.63, 3.8) is 0 Å². The maximum Gasteiger partial charge on any atom is 0.122 e. The monoisotopic (exact) mass is 203 g/mol. The van der Waals surface area contributed by atoms with Crippen molar-refractivity contribution >= 4 is 0 Å². The summed E-state index contributed by atoms with van der Waals surface area (Å²) in [6.07, 6.45) is 3.02. The lowest BCUT2D eigenvalue weighted by Gasteiger charge is -2.29. The van der Waals surface area contributed by atoms with E-state index in [1.165, 1.54) is 5.56 Å². The fourth-order valence-corrected chi connectivity index (χ4v) is 2.13. The summed E-state index contributed by atoms with van der Waals surface area (Å²) in [6.45, 7) is 4.62. The average Bonchev–Trinajstić information content (AvgIpc) is 2.30. The second-order valence-corrected chi connectivity index (χ2v) is 3.93. The van der Waals surface area contributed by atoms with Gasteiger partial charge in [0.2, 0.25) is 0 Å². The van der Waals surface area contributed by atoms with Crippen LogP contribution < -0.4 is 10.1 Å². The summed E-state index contributed by atoms with van der Waals surface area (Å²) < 4.78 is 5.73. The van der Waals surface area contributed by atoms with Crippen molar-refractivity contribution in [1.82, 2.24) is 5.32 Å². The molecule has 0 bridgehead atoms. The maximum atomic E-state index is 5.73. The molecule has 2 heteroatoms. The Labute approximate surface area is 91.0 Å². The van der Waals surface area contributed by atoms with Gasteiger partial charge in [0, 0.05) is 12.0 Å². The Morgan fingerprint density at radius 1 is 1.53 bits per heavy atom. The molecule has 2 unspecified atom stereocenters. The molecule has 1 N–H and O–H groups in total. The van der Waals surface area contributed by atoms with Gasteiger partial charge in [-0.2, -0.15) is 0 Å². The van der Waals surface area contributed by atoms with Gasteiger partial charge >= 0.3 is 0 Å². The van der Waals surface area contributed by atoms with Crippen LogP contribution in [0.4, 0.5) is 0 Å². The normalized spacial score (nSPS) is 21.3. The van der Waals surface area contributed by atoms with Crippen LogP contribution in [0.3, 0.4) is 0 Å². The van der Waals surface area contributed by atoms with Gasteiger partial charge in [-0.25, -0.2) is 0 Å². The first kappa shape index (κ1) is 10.2. The van der Waals surface area contributed by atoms with Crippen LogP contribution in [-0.4, -0.2) is 19.7 Å². The molecule has 0 radical (unpaired) electrons. The molecule has 15 heavy (non-hydrogen) atoms. The van der Waals surface area contributed by atoms with E-state index in [-0.39, 0.29) is 0 Å². The van der Waals surface area contributed by atoms with E-state index in [4.69, 9.17) is 4.74 Å². The fourth-order valence-electron chi connectivity index (χ4n) is 2.13. The minimum atomic E-state index is 0.332. The molecule has 80 valence electrons. The van der Waals surface area contributed by atoms with E-state index in [1.54, 1.807) is 0 Å². The van der Waals surface area contributed by atoms with E-state index < -0.39 is 0 Å². The fraction of sp³-hybridized carbons (Fsp3) is 0.385. The molecule has 2 rings (SSSR count). The van der Waals surface area contributed by atoms with Crippen LogP contribution in [0, 0.1) is 5.92 Å². The Morgan fingerprint density at radius 3 is 3.07 bits per heavy atom. The Balaban J connectivity index is 2.14. The standard InChI is InChI=1S/C13H17NO/c1-3-12(14-2)11-8-10-6-4-5-7-13(10)15-9-11/h3-7,11-12,14H,1,8-9H2,2H3. The zero-order valence-electron chi connectivity index (χ0n) is 9.07. The van der Waals surface area contributed by atoms with Crippen molar-refractivity contribution in [3.05, 3.63) is 42.5 Å². The highest BCUT2D eigenvalue weighted by Crippen LogP contribution is 2.28. The quantitative estimate of drug-likeness (QED) is 0.759. The molecular weight excluding hydrogens is 186 g/mol. The summed E-state index contributed by atoms with van der Waals surface area (Å²) in [5.41, 5.74) is 1.30. The number of para-hydroxylation sites is 1. The van der Waals surface area contributed by atoms with Crippen LogP contribution in [0.15, 0.2) is 36.9 Å². The number of likely N-dealkylation sites (N-methyl/N-ethyl adjacent to an activating group) is 1. The van der Waals surface area contributed by atoms with Crippen LogP contribution >= 0.6 is 0 Å². The summed E-state index contributed by atoms with van der Waals surface area (Å²) >= 11 is 0. The number of benzene rings is 1. The van der Waals surface area contributed by atoms with Crippen molar-refractivity contribution < 1.29 is 4.74 Å². The lowest BCUT2D eigenvalue weighted by Crippen LogP contribution is -2.38. The van der Waals surface area contributed by atoms with Gasteiger partial charge in [-0.05, 0) is 25.1 Å². The highest BCUT2D eigenvalue weighted by atomic mass is 16.5. The molecular formula is C13H17NO. The molecule has 1 aliphatic heterocycles. The van der Waals surface area contributed by atoms with Crippen LogP contribution in [0.2, 0.25) is 0 Å². The zero-order valence-corrected chi connectivity index (χ0v) is 9.07. The third-order valence-corrected chi connectivity index (χ3v) is 3.00. The average molecular weight is 203 g/mol. The second kappa shape index (κ2) is 4.49. The number of fused-ring (bicyclic) bond motifs is 1. The van der Waals surface area contributed by atoms with E-state index in [1.807, 2.05) is 25.3 Å². The van der Waals surface area contributed by atoms with Gasteiger partial charge in [-0.15, -0.1) is 6.58 Å². The Morgan fingerprint density at radius 2 is 2.33 bits per heavy atom. The van der Waals surface area contributed by atoms with Gasteiger partial charge in [-0.3, -0.25) is 0 Å². The topological polar surface area (TPSA) is 21.3 Å². The van der Waals surface area contributed by atoms with Gasteiger partial charge in [0.15, 0.2) is 0 Å². The van der Waals surface area contributed by atoms with Crippen LogP contribution in [-0.2, 0) is 6.42 Å². The lowest BCUT2D eigenvalue weighted by molar-refractivity contribution is 0.202. The molecule has 1 aliphatic rings. The molecule has 0 amide bonds. The van der Waals surface area contributed by atoms with Gasteiger partial charge < -0.3 is 10.1 Å². The molecule has 0 aromatic heterocycles. The molecule has 0 aliphatic carbocycles. The summed E-state index contributed by atoms with van der Waals surface area (Å²) in [6, 6.07) is 8.58. The van der Waals surface area contributed by atoms with E-state index in [0.29, 0.717) is 12.0 Å². The molecule has 0 spiro atoms. The Bertz CT molecular complexity index is 348. The highest BCUT2D eigenvalue weighted by molar-refractivity contribution is 5.35. The predicted molar refractivity (Wildman–Crippen MR) is 62.2 cm³/mol. The van der Waals surface area contributed by atoms with Gasteiger partial charge in [0.05, 0.1) is 6.61 Å². The number of ether oxygens (including phenoxy) is 1. The minimum absolute atomic E-state index is 0.332. The zero-order chi connectivity index (χ0) is 10.7. The molecule has 2 atom stereocenters. The maximum absolute atomic E-state index is 5.73. The van der Waals surface area contributed by atoms with E-state index in [0.717, 1.165) is 18.8 Å². The molecule has 0 saturated carbocycles. The van der Waals surface area contributed by atoms with Crippen LogP contribution in [0.25, 0.3) is 0 Å². The van der Waals surface area contributed by atoms with Gasteiger partial charge in [0.1, 0.15) is 5.75 Å². The molecule has 0 saturated heterocycles. The number of rotatable bonds is 3. The molecule has 1 aromatic rings. The van der Waals surface area contributed by atoms with Crippen molar-refractivity contribution in [3.8, 4) is 5.75 Å². The van der Waals surface area contributed by atoms with E-state index in [9.17, 15) is 0 Å². The number of nitrogens with one attached hydrogen (secondary N) is 1. The third kappa shape index (κ3) is 2.05. The predicted octanol–water partition coefficient (Wildman–Crippen LogP) is 2.01. The molecule has 1 heterocycles. The van der Waals surface area contributed by atoms with Crippen molar-refractivity contribution in [2.24, 2.45) is 5.92 Å². The SMILES string of the molecule is C=CC(NC)C1COc2ccccc2C1. The molecule has 2 nitrogen and oxygen atoms in total. The minimum Gasteiger partial charge on any atom is -0.493 e. The largest absolute Gasteiger partial charge is 0.493 e. The number of hydrogen-bond donors (Lipinski definition) is 1. The first-order valence-corrected chi connectivity index (χ1v) is 5.35. The first-order valence-electron chi connectivity index (χ1n) is 5.35. The van der Waals surface area contributed by atoms with Crippen LogP contribution in [0.1, 0.15) is 5.56 Å². The van der Waals surface area contributed by atoms with Crippen LogP contribution in [0.5, 0.6) is 5.75 Å². The summed E-state index contributed by atoms with van der Waals surface area (Å²) in [4.78, 5) is 0. The smallest absolute Gasteiger partial charge is 0.122 e. The van der Waals surface area contributed by atoms with Crippen molar-refractivity contribution in [2.45, 2.75) is 12.5 Å². The third-order valence-electron chi connectivity index (χ3n) is 3.00. The van der Waals surface area contributed by atoms with Gasteiger partial charge in [-0.1, -0.05) is 24.3 Å². The Hall–Kier alpha value is -1.28.